The van der Waals surface area contributed by atoms with Crippen LogP contribution >= 0.6 is 22.9 Å². The average Bonchev–Trinajstić information content (AvgIpc) is 3.31. The van der Waals surface area contributed by atoms with Crippen LogP contribution in [0.25, 0.3) is 26.3 Å². The van der Waals surface area contributed by atoms with Crippen LogP contribution in [0, 0.1) is 5.82 Å². The van der Waals surface area contributed by atoms with Crippen LogP contribution in [0.2, 0.25) is 5.02 Å². The Morgan fingerprint density at radius 3 is 2.21 bits per heavy atom. The van der Waals surface area contributed by atoms with Crippen molar-refractivity contribution in [2.75, 3.05) is 13.1 Å². The lowest BCUT2D eigenvalue weighted by Crippen LogP contribution is -2.31. The second kappa shape index (κ2) is 9.52. The largest absolute Gasteiger partial charge is 0.465 e. The molecule has 34 heavy (non-hydrogen) atoms. The van der Waals surface area contributed by atoms with Gasteiger partial charge in [-0.2, -0.15) is 0 Å². The molecule has 2 amide bonds. The van der Waals surface area contributed by atoms with Crippen LogP contribution in [0.3, 0.4) is 0 Å². The van der Waals surface area contributed by atoms with Gasteiger partial charge in [0.2, 0.25) is 0 Å². The number of carboxylic acid groups (broad SMARTS) is 2. The van der Waals surface area contributed by atoms with Gasteiger partial charge >= 0.3 is 12.2 Å². The smallest absolute Gasteiger partial charge is 0.407 e. The Bertz CT molecular complexity index is 1400. The van der Waals surface area contributed by atoms with Crippen molar-refractivity contribution in [1.29, 1.82) is 0 Å². The van der Waals surface area contributed by atoms with E-state index in [1.54, 1.807) is 19.9 Å². The second-order valence-electron chi connectivity index (χ2n) is 7.74. The third-order valence-corrected chi connectivity index (χ3v) is 7.32. The van der Waals surface area contributed by atoms with Gasteiger partial charge in [0, 0.05) is 29.8 Å². The van der Waals surface area contributed by atoms with E-state index >= 15 is 0 Å². The van der Waals surface area contributed by atoms with E-state index in [2.05, 4.69) is 0 Å². The number of amides is 2. The van der Waals surface area contributed by atoms with E-state index in [-0.39, 0.29) is 31.2 Å². The lowest BCUT2D eigenvalue weighted by Gasteiger charge is -2.21. The Morgan fingerprint density at radius 1 is 1.00 bits per heavy atom. The van der Waals surface area contributed by atoms with Crippen LogP contribution in [0.15, 0.2) is 42.5 Å². The topological polar surface area (TPSA) is 85.5 Å². The lowest BCUT2D eigenvalue weighted by atomic mass is 10.0. The van der Waals surface area contributed by atoms with Crippen molar-refractivity contribution in [2.45, 2.75) is 26.9 Å². The quantitative estimate of drug-likeness (QED) is 0.297. The zero-order valence-corrected chi connectivity index (χ0v) is 20.2. The van der Waals surface area contributed by atoms with Gasteiger partial charge in [-0.3, -0.25) is 4.40 Å². The maximum atomic E-state index is 14.0. The minimum Gasteiger partial charge on any atom is -0.465 e. The molecule has 0 spiro atoms. The van der Waals surface area contributed by atoms with Crippen LogP contribution in [0.5, 0.6) is 0 Å². The minimum absolute atomic E-state index is 0.0470. The number of fused-ring (bicyclic) bond motifs is 3. The molecule has 0 saturated heterocycles. The number of rotatable bonds is 7. The normalized spacial score (nSPS) is 11.3. The third kappa shape index (κ3) is 4.17. The van der Waals surface area contributed by atoms with Crippen LogP contribution in [-0.4, -0.2) is 49.7 Å². The zero-order chi connectivity index (χ0) is 24.6. The Hall–Kier alpha value is -3.30. The summed E-state index contributed by atoms with van der Waals surface area (Å²) in [5.74, 6) is -0.557. The molecule has 0 aliphatic carbocycles. The first kappa shape index (κ1) is 23.8. The van der Waals surface area contributed by atoms with Crippen LogP contribution < -0.4 is 0 Å². The predicted octanol–water partition coefficient (Wildman–Crippen LogP) is 6.61. The van der Waals surface area contributed by atoms with Crippen molar-refractivity contribution < 1.29 is 24.2 Å². The Balaban J connectivity index is 2.09. The van der Waals surface area contributed by atoms with E-state index < -0.39 is 18.0 Å². The fourth-order valence-electron chi connectivity index (χ4n) is 4.10. The molecule has 2 N–H and O–H groups in total. The minimum atomic E-state index is -1.08. The first-order valence-corrected chi connectivity index (χ1v) is 11.9. The molecule has 4 rings (SSSR count). The van der Waals surface area contributed by atoms with E-state index in [0.29, 0.717) is 16.8 Å². The van der Waals surface area contributed by atoms with Gasteiger partial charge < -0.3 is 20.0 Å². The van der Waals surface area contributed by atoms with Crippen LogP contribution in [-0.2, 0) is 13.1 Å². The monoisotopic (exact) mass is 503 g/mol. The molecule has 0 fully saturated rings. The molecule has 0 aliphatic heterocycles. The molecule has 0 saturated carbocycles. The average molecular weight is 504 g/mol. The fraction of sp³-hybridized carbons (Fsp3) is 0.250. The number of para-hydroxylation sites is 1. The van der Waals surface area contributed by atoms with Crippen LogP contribution in [0.1, 0.15) is 25.0 Å². The molecule has 0 bridgehead atoms. The van der Waals surface area contributed by atoms with Crippen molar-refractivity contribution in [3.8, 4) is 11.3 Å². The highest BCUT2D eigenvalue weighted by Crippen LogP contribution is 2.41. The number of hydrogen-bond acceptors (Lipinski definition) is 3. The van der Waals surface area contributed by atoms with Gasteiger partial charge in [0.15, 0.2) is 0 Å². The molecule has 0 radical (unpaired) electrons. The highest BCUT2D eigenvalue weighted by atomic mass is 35.5. The first-order valence-electron chi connectivity index (χ1n) is 10.7. The second-order valence-corrected chi connectivity index (χ2v) is 9.18. The number of halogens is 2. The summed E-state index contributed by atoms with van der Waals surface area (Å²) in [6.45, 7) is 4.15. The zero-order valence-electron chi connectivity index (χ0n) is 18.6. The number of benzene rings is 2. The molecule has 0 atom stereocenters. The van der Waals surface area contributed by atoms with Gasteiger partial charge in [0.1, 0.15) is 10.6 Å². The molecular formula is C24H23ClFN3O4S. The molecule has 0 aliphatic rings. The van der Waals surface area contributed by atoms with Gasteiger partial charge in [-0.15, -0.1) is 11.3 Å². The number of thiazole rings is 1. The van der Waals surface area contributed by atoms with Crippen molar-refractivity contribution >= 4 is 50.2 Å². The van der Waals surface area contributed by atoms with Gasteiger partial charge in [-0.1, -0.05) is 23.7 Å². The molecule has 2 aromatic heterocycles. The van der Waals surface area contributed by atoms with E-state index in [1.165, 1.54) is 33.3 Å². The molecule has 0 unspecified atom stereocenters. The lowest BCUT2D eigenvalue weighted by molar-refractivity contribution is 0.141. The number of aromatic nitrogens is 1. The van der Waals surface area contributed by atoms with Crippen molar-refractivity contribution in [3.63, 3.8) is 0 Å². The summed E-state index contributed by atoms with van der Waals surface area (Å²) < 4.78 is 17.0. The maximum Gasteiger partial charge on any atom is 0.407 e. The van der Waals surface area contributed by atoms with E-state index in [1.807, 2.05) is 28.7 Å². The molecule has 2 heterocycles. The first-order chi connectivity index (χ1) is 16.3. The summed E-state index contributed by atoms with van der Waals surface area (Å²) in [6.07, 6.45) is -2.15. The van der Waals surface area contributed by atoms with E-state index in [0.717, 1.165) is 20.6 Å². The molecular weight excluding hydrogens is 481 g/mol. The molecule has 7 nitrogen and oxygen atoms in total. The summed E-state index contributed by atoms with van der Waals surface area (Å²) in [5.41, 5.74) is 3.57. The number of nitrogens with zero attached hydrogens (tertiary/aromatic N) is 3. The SMILES string of the molecule is CCN(Cc1c(CN(CC)C(=O)O)c2sc3ccccc3n2c1-c1ccc(F)c(Cl)c1)C(=O)O. The van der Waals surface area contributed by atoms with Crippen molar-refractivity contribution in [1.82, 2.24) is 14.2 Å². The molecule has 10 heteroatoms. The van der Waals surface area contributed by atoms with Crippen molar-refractivity contribution in [2.24, 2.45) is 0 Å². The Kier molecular flexibility index (Phi) is 6.67. The summed E-state index contributed by atoms with van der Waals surface area (Å²) in [6, 6.07) is 12.2. The number of hydrogen-bond donors (Lipinski definition) is 2. The summed E-state index contributed by atoms with van der Waals surface area (Å²) in [5, 5.41) is 19.4. The standard InChI is InChI=1S/C24H23ClFN3O4S/c1-3-27(23(30)31)12-15-16(13-28(4-2)24(32)33)22-29(19-7-5-6-8-20(19)34-22)21(15)14-9-10-18(26)17(25)11-14/h5-11H,3-4,12-13H2,1-2H3,(H,30,31)(H,32,33). The van der Waals surface area contributed by atoms with Gasteiger partial charge in [0.25, 0.3) is 0 Å². The van der Waals surface area contributed by atoms with Gasteiger partial charge in [-0.25, -0.2) is 14.0 Å². The van der Waals surface area contributed by atoms with E-state index in [9.17, 15) is 24.2 Å². The number of carbonyl (C=O) groups is 2. The summed E-state index contributed by atoms with van der Waals surface area (Å²) in [7, 11) is 0. The summed E-state index contributed by atoms with van der Waals surface area (Å²) in [4.78, 5) is 27.1. The van der Waals surface area contributed by atoms with E-state index in [4.69, 9.17) is 11.6 Å². The van der Waals surface area contributed by atoms with Crippen LogP contribution in [0.4, 0.5) is 14.0 Å². The third-order valence-electron chi connectivity index (χ3n) is 5.84. The molecule has 2 aromatic carbocycles. The predicted molar refractivity (Wildman–Crippen MR) is 131 cm³/mol. The maximum absolute atomic E-state index is 14.0. The van der Waals surface area contributed by atoms with Gasteiger partial charge in [-0.05, 0) is 44.2 Å². The Morgan fingerprint density at radius 2 is 1.62 bits per heavy atom. The highest BCUT2D eigenvalue weighted by molar-refractivity contribution is 7.24. The molecule has 4 aromatic rings. The van der Waals surface area contributed by atoms with Gasteiger partial charge in [0.05, 0.1) is 34.0 Å². The molecule has 178 valence electrons. The fourth-order valence-corrected chi connectivity index (χ4v) is 5.50. The summed E-state index contributed by atoms with van der Waals surface area (Å²) >= 11 is 7.63. The highest BCUT2D eigenvalue weighted by Gasteiger charge is 2.27. The van der Waals surface area contributed by atoms with Crippen molar-refractivity contribution in [3.05, 3.63) is 64.4 Å². The Labute approximate surface area is 204 Å².